The fourth-order valence-electron chi connectivity index (χ4n) is 3.04. The van der Waals surface area contributed by atoms with Gasteiger partial charge in [-0.25, -0.2) is 0 Å². The van der Waals surface area contributed by atoms with E-state index >= 15 is 0 Å². The van der Waals surface area contributed by atoms with Gasteiger partial charge in [0.2, 0.25) is 5.95 Å². The molecule has 6 heteroatoms. The Balaban J connectivity index is 1.81. The standard InChI is InChI=1S/C20H19ClN4O/c1-23-12-3-13-24-14-19(22-20(23)24)25(16-6-4-15(21)5-7-16)17-8-10-18(26-2)11-9-17/h3-12,14H,13H2,1-2H3. The zero-order chi connectivity index (χ0) is 18.1. The highest BCUT2D eigenvalue weighted by Crippen LogP contribution is 2.36. The van der Waals surface area contributed by atoms with E-state index in [1.807, 2.05) is 66.7 Å². The Bertz CT molecular complexity index is 931. The number of halogens is 1. The summed E-state index contributed by atoms with van der Waals surface area (Å²) in [7, 11) is 3.66. The molecule has 1 aromatic heterocycles. The lowest BCUT2D eigenvalue weighted by Gasteiger charge is -2.23. The van der Waals surface area contributed by atoms with E-state index in [1.54, 1.807) is 7.11 Å². The predicted molar refractivity (Wildman–Crippen MR) is 106 cm³/mol. The average molecular weight is 367 g/mol. The highest BCUT2D eigenvalue weighted by atomic mass is 35.5. The first kappa shape index (κ1) is 16.5. The molecule has 1 aliphatic heterocycles. The number of methoxy groups -OCH3 is 1. The molecule has 0 N–H and O–H groups in total. The van der Waals surface area contributed by atoms with Crippen LogP contribution in [0.15, 0.2) is 67.0 Å². The maximum Gasteiger partial charge on any atom is 0.211 e. The Kier molecular flexibility index (Phi) is 4.31. The van der Waals surface area contributed by atoms with Crippen LogP contribution < -0.4 is 14.5 Å². The summed E-state index contributed by atoms with van der Waals surface area (Å²) in [5.74, 6) is 2.58. The summed E-state index contributed by atoms with van der Waals surface area (Å²) in [6, 6.07) is 15.7. The van der Waals surface area contributed by atoms with E-state index in [0.717, 1.165) is 35.4 Å². The molecule has 26 heavy (non-hydrogen) atoms. The monoisotopic (exact) mass is 366 g/mol. The largest absolute Gasteiger partial charge is 0.497 e. The van der Waals surface area contributed by atoms with Crippen LogP contribution in [0.4, 0.5) is 23.1 Å². The number of hydrogen-bond donors (Lipinski definition) is 0. The zero-order valence-corrected chi connectivity index (χ0v) is 15.4. The fraction of sp³-hybridized carbons (Fsp3) is 0.150. The predicted octanol–water partition coefficient (Wildman–Crippen LogP) is 4.98. The number of imidazole rings is 1. The summed E-state index contributed by atoms with van der Waals surface area (Å²) < 4.78 is 7.41. The van der Waals surface area contributed by atoms with E-state index in [4.69, 9.17) is 21.3 Å². The van der Waals surface area contributed by atoms with Crippen molar-refractivity contribution in [1.82, 2.24) is 9.55 Å². The molecule has 0 aliphatic carbocycles. The van der Waals surface area contributed by atoms with Crippen molar-refractivity contribution < 1.29 is 4.74 Å². The van der Waals surface area contributed by atoms with Crippen LogP contribution in [0, 0.1) is 0 Å². The van der Waals surface area contributed by atoms with Crippen LogP contribution in [0.5, 0.6) is 5.75 Å². The van der Waals surface area contributed by atoms with Crippen molar-refractivity contribution in [2.75, 3.05) is 24.0 Å². The molecule has 5 nitrogen and oxygen atoms in total. The van der Waals surface area contributed by atoms with Crippen LogP contribution in [0.2, 0.25) is 5.02 Å². The Hall–Kier alpha value is -2.92. The van der Waals surface area contributed by atoms with Crippen LogP contribution in [-0.4, -0.2) is 23.7 Å². The number of allylic oxidation sites excluding steroid dienone is 1. The molecule has 1 aliphatic rings. The van der Waals surface area contributed by atoms with Gasteiger partial charge in [0.25, 0.3) is 0 Å². The van der Waals surface area contributed by atoms with E-state index in [2.05, 4.69) is 21.7 Å². The van der Waals surface area contributed by atoms with Gasteiger partial charge in [-0.3, -0.25) is 4.90 Å². The van der Waals surface area contributed by atoms with Crippen LogP contribution in [0.3, 0.4) is 0 Å². The normalized spacial score (nSPS) is 12.8. The van der Waals surface area contributed by atoms with Gasteiger partial charge in [0.1, 0.15) is 5.75 Å². The van der Waals surface area contributed by atoms with Crippen molar-refractivity contribution in [2.45, 2.75) is 6.54 Å². The van der Waals surface area contributed by atoms with Crippen molar-refractivity contribution in [2.24, 2.45) is 0 Å². The molecule has 0 saturated heterocycles. The minimum Gasteiger partial charge on any atom is -0.497 e. The lowest BCUT2D eigenvalue weighted by atomic mass is 10.2. The molecule has 0 saturated carbocycles. The van der Waals surface area contributed by atoms with Crippen molar-refractivity contribution in [3.05, 3.63) is 72.0 Å². The van der Waals surface area contributed by atoms with Crippen molar-refractivity contribution >= 4 is 34.7 Å². The summed E-state index contributed by atoms with van der Waals surface area (Å²) >= 11 is 6.08. The SMILES string of the molecule is COc1ccc(N(c2ccc(Cl)cc2)c2cn3c(n2)N(C)C=CC3)cc1. The van der Waals surface area contributed by atoms with Gasteiger partial charge in [0.05, 0.1) is 13.3 Å². The molecular formula is C20H19ClN4O. The maximum absolute atomic E-state index is 6.08. The van der Waals surface area contributed by atoms with Gasteiger partial charge in [-0.2, -0.15) is 4.98 Å². The Morgan fingerprint density at radius 2 is 1.69 bits per heavy atom. The van der Waals surface area contributed by atoms with E-state index in [9.17, 15) is 0 Å². The molecule has 0 radical (unpaired) electrons. The molecule has 132 valence electrons. The highest BCUT2D eigenvalue weighted by molar-refractivity contribution is 6.30. The number of rotatable bonds is 4. The molecule has 0 fully saturated rings. The average Bonchev–Trinajstić information content (AvgIpc) is 3.09. The molecule has 3 aromatic rings. The zero-order valence-electron chi connectivity index (χ0n) is 14.6. The summed E-state index contributed by atoms with van der Waals surface area (Å²) in [5.41, 5.74) is 1.99. The Morgan fingerprint density at radius 3 is 2.31 bits per heavy atom. The van der Waals surface area contributed by atoms with Gasteiger partial charge < -0.3 is 14.2 Å². The smallest absolute Gasteiger partial charge is 0.211 e. The van der Waals surface area contributed by atoms with Crippen LogP contribution in [0.1, 0.15) is 0 Å². The molecule has 2 aromatic carbocycles. The van der Waals surface area contributed by atoms with E-state index in [-0.39, 0.29) is 0 Å². The number of benzene rings is 2. The fourth-order valence-corrected chi connectivity index (χ4v) is 3.16. The molecule has 4 rings (SSSR count). The Labute approximate surface area is 157 Å². The van der Waals surface area contributed by atoms with Gasteiger partial charge in [-0.05, 0) is 54.6 Å². The number of aromatic nitrogens is 2. The molecule has 2 heterocycles. The van der Waals surface area contributed by atoms with Gasteiger partial charge in [0.15, 0.2) is 5.82 Å². The number of hydrogen-bond acceptors (Lipinski definition) is 4. The minimum atomic E-state index is 0.705. The third-order valence-electron chi connectivity index (χ3n) is 4.33. The van der Waals surface area contributed by atoms with Crippen molar-refractivity contribution in [1.29, 1.82) is 0 Å². The minimum absolute atomic E-state index is 0.705. The third kappa shape index (κ3) is 3.02. The third-order valence-corrected chi connectivity index (χ3v) is 4.59. The van der Waals surface area contributed by atoms with Crippen molar-refractivity contribution in [3.8, 4) is 5.75 Å². The summed E-state index contributed by atoms with van der Waals surface area (Å²) in [6.45, 7) is 0.809. The molecular weight excluding hydrogens is 348 g/mol. The first-order valence-corrected chi connectivity index (χ1v) is 8.70. The molecule has 0 atom stereocenters. The van der Waals surface area contributed by atoms with Crippen LogP contribution in [0.25, 0.3) is 0 Å². The second kappa shape index (κ2) is 6.77. The van der Waals surface area contributed by atoms with Crippen molar-refractivity contribution in [3.63, 3.8) is 0 Å². The number of nitrogens with zero attached hydrogens (tertiary/aromatic N) is 4. The van der Waals surface area contributed by atoms with Gasteiger partial charge in [-0.15, -0.1) is 0 Å². The summed E-state index contributed by atoms with van der Waals surface area (Å²) in [5, 5.41) is 0.705. The van der Waals surface area contributed by atoms with Crippen LogP contribution >= 0.6 is 11.6 Å². The van der Waals surface area contributed by atoms with Gasteiger partial charge in [0, 0.05) is 36.2 Å². The van der Waals surface area contributed by atoms with E-state index in [0.29, 0.717) is 5.02 Å². The first-order valence-electron chi connectivity index (χ1n) is 8.32. The summed E-state index contributed by atoms with van der Waals surface area (Å²) in [6.07, 6.45) is 6.21. The molecule has 0 unspecified atom stereocenters. The number of anilines is 4. The first-order chi connectivity index (χ1) is 12.7. The van der Waals surface area contributed by atoms with Crippen LogP contribution in [-0.2, 0) is 6.54 Å². The Morgan fingerprint density at radius 1 is 1.04 bits per heavy atom. The number of ether oxygens (including phenoxy) is 1. The second-order valence-corrected chi connectivity index (χ2v) is 6.49. The van der Waals surface area contributed by atoms with E-state index in [1.165, 1.54) is 0 Å². The molecule has 0 spiro atoms. The van der Waals surface area contributed by atoms with Gasteiger partial charge in [-0.1, -0.05) is 11.6 Å². The topological polar surface area (TPSA) is 33.5 Å². The molecule has 0 amide bonds. The number of fused-ring (bicyclic) bond motifs is 1. The maximum atomic E-state index is 6.08. The summed E-state index contributed by atoms with van der Waals surface area (Å²) in [4.78, 5) is 8.97. The lowest BCUT2D eigenvalue weighted by molar-refractivity contribution is 0.415. The lowest BCUT2D eigenvalue weighted by Crippen LogP contribution is -2.18. The second-order valence-electron chi connectivity index (χ2n) is 6.06. The quantitative estimate of drug-likeness (QED) is 0.652. The molecule has 0 bridgehead atoms. The highest BCUT2D eigenvalue weighted by Gasteiger charge is 2.20. The van der Waals surface area contributed by atoms with Gasteiger partial charge >= 0.3 is 0 Å². The van der Waals surface area contributed by atoms with E-state index < -0.39 is 0 Å².